The number of aromatic amines is 1. The van der Waals surface area contributed by atoms with E-state index in [-0.39, 0.29) is 17.4 Å². The van der Waals surface area contributed by atoms with Gasteiger partial charge in [-0.25, -0.2) is 0 Å². The van der Waals surface area contributed by atoms with E-state index >= 15 is 0 Å². The van der Waals surface area contributed by atoms with Crippen LogP contribution in [0.5, 0.6) is 5.75 Å². The maximum Gasteiger partial charge on any atom is 0.290 e. The number of nitrogens with one attached hydrogen (secondary N) is 1. The van der Waals surface area contributed by atoms with Crippen LogP contribution in [0.25, 0.3) is 10.9 Å². The van der Waals surface area contributed by atoms with E-state index < -0.39 is 11.0 Å². The van der Waals surface area contributed by atoms with Crippen molar-refractivity contribution in [2.24, 2.45) is 0 Å². The number of hydrogen-bond donors (Lipinski definition) is 1. The van der Waals surface area contributed by atoms with E-state index in [0.29, 0.717) is 13.0 Å². The van der Waals surface area contributed by atoms with Gasteiger partial charge in [-0.15, -0.1) is 0 Å². The number of aromatic nitrogens is 1. The van der Waals surface area contributed by atoms with Crippen LogP contribution in [0.1, 0.15) is 33.4 Å². The van der Waals surface area contributed by atoms with E-state index in [9.17, 15) is 14.9 Å². The number of fused-ring (bicyclic) bond motifs is 3. The minimum Gasteiger partial charge on any atom is -0.497 e. The van der Waals surface area contributed by atoms with Crippen molar-refractivity contribution in [1.29, 1.82) is 0 Å². The van der Waals surface area contributed by atoms with Gasteiger partial charge in [0.2, 0.25) is 0 Å². The van der Waals surface area contributed by atoms with Crippen molar-refractivity contribution in [2.45, 2.75) is 12.5 Å². The maximum atomic E-state index is 13.2. The average molecular weight is 417 g/mol. The summed E-state index contributed by atoms with van der Waals surface area (Å²) in [6, 6.07) is 15.0. The van der Waals surface area contributed by atoms with Crippen LogP contribution in [0.2, 0.25) is 0 Å². The molecule has 8 heteroatoms. The number of nitro benzene ring substituents is 1. The normalized spacial score (nSPS) is 15.6. The van der Waals surface area contributed by atoms with E-state index in [1.54, 1.807) is 36.3 Å². The maximum absolute atomic E-state index is 13.2. The molecular formula is C23H19N3O5. The Morgan fingerprint density at radius 2 is 2.03 bits per heavy atom. The predicted octanol–water partition coefficient (Wildman–Crippen LogP) is 4.47. The molecule has 2 aromatic heterocycles. The van der Waals surface area contributed by atoms with Crippen LogP contribution in [0.4, 0.5) is 5.69 Å². The Hall–Kier alpha value is -4.07. The Kier molecular flexibility index (Phi) is 4.47. The van der Waals surface area contributed by atoms with Crippen molar-refractivity contribution in [3.8, 4) is 5.75 Å². The molecule has 1 aliphatic heterocycles. The topological polar surface area (TPSA) is 102 Å². The summed E-state index contributed by atoms with van der Waals surface area (Å²) < 4.78 is 10.7. The fraction of sp³-hybridized carbons (Fsp3) is 0.174. The summed E-state index contributed by atoms with van der Waals surface area (Å²) in [5, 5.41) is 12.2. The quantitative estimate of drug-likeness (QED) is 0.390. The fourth-order valence-electron chi connectivity index (χ4n) is 4.28. The lowest BCUT2D eigenvalue weighted by Crippen LogP contribution is -2.40. The molecule has 0 radical (unpaired) electrons. The molecule has 156 valence electrons. The zero-order valence-electron chi connectivity index (χ0n) is 16.7. The molecule has 8 nitrogen and oxygen atoms in total. The van der Waals surface area contributed by atoms with Gasteiger partial charge in [0.05, 0.1) is 24.3 Å². The molecule has 0 aliphatic carbocycles. The molecule has 2 aromatic carbocycles. The van der Waals surface area contributed by atoms with Crippen LogP contribution >= 0.6 is 0 Å². The van der Waals surface area contributed by atoms with E-state index in [1.165, 1.54) is 18.4 Å². The van der Waals surface area contributed by atoms with Gasteiger partial charge in [0.15, 0.2) is 5.76 Å². The largest absolute Gasteiger partial charge is 0.497 e. The Bertz CT molecular complexity index is 1270. The molecule has 0 saturated heterocycles. The number of carbonyl (C=O) groups excluding carboxylic acids is 1. The van der Waals surface area contributed by atoms with Crippen molar-refractivity contribution >= 4 is 22.5 Å². The second-order valence-electron chi connectivity index (χ2n) is 7.41. The van der Waals surface area contributed by atoms with E-state index in [1.807, 2.05) is 18.2 Å². The number of benzene rings is 2. The smallest absolute Gasteiger partial charge is 0.290 e. The first-order valence-corrected chi connectivity index (χ1v) is 9.84. The number of nitrogens with zero attached hydrogens (tertiary/aromatic N) is 2. The van der Waals surface area contributed by atoms with E-state index in [4.69, 9.17) is 9.15 Å². The third-order valence-corrected chi connectivity index (χ3v) is 5.75. The first-order chi connectivity index (χ1) is 15.1. The highest BCUT2D eigenvalue weighted by Gasteiger charge is 2.36. The highest BCUT2D eigenvalue weighted by Crippen LogP contribution is 2.40. The van der Waals surface area contributed by atoms with Crippen LogP contribution in [0.15, 0.2) is 65.3 Å². The van der Waals surface area contributed by atoms with Gasteiger partial charge in [0, 0.05) is 35.3 Å². The zero-order chi connectivity index (χ0) is 21.5. The molecule has 5 rings (SSSR count). The first-order valence-electron chi connectivity index (χ1n) is 9.84. The molecule has 4 aromatic rings. The second-order valence-corrected chi connectivity index (χ2v) is 7.41. The summed E-state index contributed by atoms with van der Waals surface area (Å²) in [6.45, 7) is 0.484. The lowest BCUT2D eigenvalue weighted by atomic mass is 9.92. The SMILES string of the molecule is COc1ccc2[nH]c3c(c2c1)CCN(C(=O)c1ccco1)[C@H]3c1ccc([N+](=O)[O-])cc1. The molecule has 0 spiro atoms. The molecular weight excluding hydrogens is 398 g/mol. The van der Waals surface area contributed by atoms with Gasteiger partial charge in [-0.2, -0.15) is 0 Å². The van der Waals surface area contributed by atoms with Gasteiger partial charge in [0.1, 0.15) is 5.75 Å². The number of nitro groups is 1. The molecule has 1 amide bonds. The standard InChI is InChI=1S/C23H19N3O5/c1-30-16-8-9-19-18(13-16)17-10-11-25(23(27)20-3-2-12-31-20)22(21(17)24-19)14-4-6-15(7-5-14)26(28)29/h2-9,12-13,22,24H,10-11H2,1H3/t22-/m0/s1. The molecule has 0 unspecified atom stereocenters. The van der Waals surface area contributed by atoms with Crippen LogP contribution in [0, 0.1) is 10.1 Å². The highest BCUT2D eigenvalue weighted by atomic mass is 16.6. The lowest BCUT2D eigenvalue weighted by molar-refractivity contribution is -0.384. The summed E-state index contributed by atoms with van der Waals surface area (Å²) in [5.41, 5.74) is 3.74. The molecule has 0 fully saturated rings. The Balaban J connectivity index is 1.66. The number of hydrogen-bond acceptors (Lipinski definition) is 5. The Morgan fingerprint density at radius 3 is 2.71 bits per heavy atom. The molecule has 1 atom stereocenters. The Labute approximate surface area is 177 Å². The van der Waals surface area contributed by atoms with Crippen LogP contribution in [-0.2, 0) is 6.42 Å². The predicted molar refractivity (Wildman–Crippen MR) is 113 cm³/mol. The Morgan fingerprint density at radius 1 is 1.23 bits per heavy atom. The summed E-state index contributed by atoms with van der Waals surface area (Å²) in [6.07, 6.45) is 2.14. The van der Waals surface area contributed by atoms with Gasteiger partial charge >= 0.3 is 0 Å². The van der Waals surface area contributed by atoms with Crippen molar-refractivity contribution < 1.29 is 18.9 Å². The number of furan rings is 1. The average Bonchev–Trinajstić information content (AvgIpc) is 3.45. The second kappa shape index (κ2) is 7.32. The van der Waals surface area contributed by atoms with E-state index in [2.05, 4.69) is 4.98 Å². The van der Waals surface area contributed by atoms with Crippen LogP contribution in [0.3, 0.4) is 0 Å². The van der Waals surface area contributed by atoms with Gasteiger partial charge in [-0.05, 0) is 60.0 Å². The summed E-state index contributed by atoms with van der Waals surface area (Å²) >= 11 is 0. The van der Waals surface area contributed by atoms with Gasteiger partial charge in [-0.1, -0.05) is 0 Å². The molecule has 1 aliphatic rings. The van der Waals surface area contributed by atoms with E-state index in [0.717, 1.165) is 33.5 Å². The number of ether oxygens (including phenoxy) is 1. The molecule has 0 bridgehead atoms. The third-order valence-electron chi connectivity index (χ3n) is 5.75. The fourth-order valence-corrected chi connectivity index (χ4v) is 4.28. The highest BCUT2D eigenvalue weighted by molar-refractivity contribution is 5.93. The minimum absolute atomic E-state index is 0.00470. The van der Waals surface area contributed by atoms with Gasteiger partial charge in [0.25, 0.3) is 11.6 Å². The molecule has 1 N–H and O–H groups in total. The molecule has 3 heterocycles. The zero-order valence-corrected chi connectivity index (χ0v) is 16.7. The lowest BCUT2D eigenvalue weighted by Gasteiger charge is -2.35. The van der Waals surface area contributed by atoms with Crippen molar-refractivity contribution in [1.82, 2.24) is 9.88 Å². The van der Waals surface area contributed by atoms with Gasteiger partial charge < -0.3 is 19.0 Å². The van der Waals surface area contributed by atoms with Crippen molar-refractivity contribution in [3.63, 3.8) is 0 Å². The first kappa shape index (κ1) is 18.9. The molecule has 0 saturated carbocycles. The summed E-state index contributed by atoms with van der Waals surface area (Å²) in [5.74, 6) is 0.790. The molecule has 31 heavy (non-hydrogen) atoms. The summed E-state index contributed by atoms with van der Waals surface area (Å²) in [4.78, 5) is 29.1. The summed E-state index contributed by atoms with van der Waals surface area (Å²) in [7, 11) is 1.63. The number of carbonyl (C=O) groups is 1. The number of rotatable bonds is 4. The number of H-pyrrole nitrogens is 1. The third kappa shape index (κ3) is 3.13. The van der Waals surface area contributed by atoms with Crippen LogP contribution in [-0.4, -0.2) is 34.4 Å². The minimum atomic E-state index is -0.433. The van der Waals surface area contributed by atoms with Crippen LogP contribution < -0.4 is 4.74 Å². The monoisotopic (exact) mass is 417 g/mol. The van der Waals surface area contributed by atoms with Crippen molar-refractivity contribution in [2.75, 3.05) is 13.7 Å². The number of methoxy groups -OCH3 is 1. The van der Waals surface area contributed by atoms with Crippen molar-refractivity contribution in [3.05, 3.63) is 93.6 Å². The number of amides is 1. The number of non-ortho nitro benzene ring substituents is 1. The van der Waals surface area contributed by atoms with Gasteiger partial charge in [-0.3, -0.25) is 14.9 Å².